The lowest BCUT2D eigenvalue weighted by Crippen LogP contribution is -2.48. The monoisotopic (exact) mass is 392 g/mol. The summed E-state index contributed by atoms with van der Waals surface area (Å²) in [5, 5.41) is 3.10. The molecule has 28 heavy (non-hydrogen) atoms. The second-order valence-electron chi connectivity index (χ2n) is 9.05. The molecule has 2 saturated carbocycles. The summed E-state index contributed by atoms with van der Waals surface area (Å²) < 4.78 is 0. The van der Waals surface area contributed by atoms with E-state index in [4.69, 9.17) is 0 Å². The van der Waals surface area contributed by atoms with E-state index in [-0.39, 0.29) is 11.8 Å². The second-order valence-corrected chi connectivity index (χ2v) is 9.05. The molecule has 0 atom stereocenters. The lowest BCUT2D eigenvalue weighted by molar-refractivity contribution is -0.138. The van der Waals surface area contributed by atoms with Crippen molar-refractivity contribution in [3.63, 3.8) is 0 Å². The van der Waals surface area contributed by atoms with Crippen LogP contribution >= 0.6 is 0 Å². The first kappa shape index (κ1) is 23.2. The van der Waals surface area contributed by atoms with E-state index in [0.717, 1.165) is 32.1 Å². The largest absolute Gasteiger partial charge is 0.356 e. The Morgan fingerprint density at radius 1 is 0.857 bits per heavy atom. The van der Waals surface area contributed by atoms with E-state index in [1.807, 2.05) is 0 Å². The number of nitrogens with one attached hydrogen (secondary N) is 1. The van der Waals surface area contributed by atoms with Crippen molar-refractivity contribution in [2.45, 2.75) is 129 Å². The topological polar surface area (TPSA) is 49.4 Å². The van der Waals surface area contributed by atoms with Crippen LogP contribution in [0.3, 0.4) is 0 Å². The van der Waals surface area contributed by atoms with Gasteiger partial charge in [-0.2, -0.15) is 0 Å². The third-order valence-corrected chi connectivity index (χ3v) is 6.74. The van der Waals surface area contributed by atoms with Crippen LogP contribution in [0.1, 0.15) is 117 Å². The van der Waals surface area contributed by atoms with Crippen molar-refractivity contribution in [1.82, 2.24) is 10.2 Å². The van der Waals surface area contributed by atoms with Crippen molar-refractivity contribution >= 4 is 11.8 Å². The minimum absolute atomic E-state index is 0.145. The Morgan fingerprint density at radius 2 is 1.36 bits per heavy atom. The number of amides is 2. The highest BCUT2D eigenvalue weighted by Gasteiger charge is 2.31. The Morgan fingerprint density at radius 3 is 1.82 bits per heavy atom. The van der Waals surface area contributed by atoms with Gasteiger partial charge >= 0.3 is 0 Å². The highest BCUT2D eigenvalue weighted by atomic mass is 16.2. The predicted octanol–water partition coefficient (Wildman–Crippen LogP) is 5.59. The van der Waals surface area contributed by atoms with Crippen molar-refractivity contribution in [3.05, 3.63) is 0 Å². The molecule has 0 aliphatic heterocycles. The third-order valence-electron chi connectivity index (χ3n) is 6.74. The van der Waals surface area contributed by atoms with Gasteiger partial charge in [-0.1, -0.05) is 65.2 Å². The van der Waals surface area contributed by atoms with Gasteiger partial charge in [0.2, 0.25) is 11.8 Å². The molecule has 162 valence electrons. The zero-order valence-electron chi connectivity index (χ0n) is 18.5. The first-order chi connectivity index (χ1) is 13.7. The molecule has 2 rings (SSSR count). The van der Waals surface area contributed by atoms with Crippen molar-refractivity contribution in [3.8, 4) is 0 Å². The number of hydrogen-bond donors (Lipinski definition) is 1. The predicted molar refractivity (Wildman–Crippen MR) is 116 cm³/mol. The Kier molecular flexibility index (Phi) is 11.0. The van der Waals surface area contributed by atoms with E-state index in [2.05, 4.69) is 24.1 Å². The molecule has 0 spiro atoms. The average Bonchev–Trinajstić information content (AvgIpc) is 2.72. The number of hydrogen-bond acceptors (Lipinski definition) is 2. The highest BCUT2D eigenvalue weighted by Crippen LogP contribution is 2.30. The van der Waals surface area contributed by atoms with Crippen LogP contribution in [-0.4, -0.2) is 35.3 Å². The minimum atomic E-state index is 0.145. The van der Waals surface area contributed by atoms with Gasteiger partial charge in [0.25, 0.3) is 0 Å². The summed E-state index contributed by atoms with van der Waals surface area (Å²) in [6.07, 6.45) is 17.9. The number of carbonyl (C=O) groups excluding carboxylic acids is 2. The van der Waals surface area contributed by atoms with E-state index in [1.54, 1.807) is 0 Å². The molecule has 2 fully saturated rings. The van der Waals surface area contributed by atoms with E-state index in [0.29, 0.717) is 31.0 Å². The molecule has 0 saturated heterocycles. The molecule has 0 aromatic rings. The van der Waals surface area contributed by atoms with E-state index in [1.165, 1.54) is 64.2 Å². The smallest absolute Gasteiger partial charge is 0.223 e. The summed E-state index contributed by atoms with van der Waals surface area (Å²) in [4.78, 5) is 27.8. The molecule has 0 radical (unpaired) electrons. The van der Waals surface area contributed by atoms with Gasteiger partial charge < -0.3 is 10.2 Å². The molecule has 1 N–H and O–H groups in total. The summed E-state index contributed by atoms with van der Waals surface area (Å²) in [6.45, 7) is 4.91. The molecule has 2 amide bonds. The SMILES string of the molecule is CCCC(CCC)C(=O)NCCCC(=O)N(C1CCCCC1)C1CCCCC1. The van der Waals surface area contributed by atoms with Gasteiger partial charge in [-0.05, 0) is 44.9 Å². The molecule has 0 heterocycles. The summed E-state index contributed by atoms with van der Waals surface area (Å²) in [5.74, 6) is 0.672. The summed E-state index contributed by atoms with van der Waals surface area (Å²) in [7, 11) is 0. The Labute approximate surface area is 173 Å². The van der Waals surface area contributed by atoms with Crippen molar-refractivity contribution in [1.29, 1.82) is 0 Å². The lowest BCUT2D eigenvalue weighted by Gasteiger charge is -2.42. The first-order valence-electron chi connectivity index (χ1n) is 12.3. The summed E-state index contributed by atoms with van der Waals surface area (Å²) in [6, 6.07) is 0.940. The fourth-order valence-corrected chi connectivity index (χ4v) is 5.25. The highest BCUT2D eigenvalue weighted by molar-refractivity contribution is 5.79. The molecule has 0 aromatic heterocycles. The van der Waals surface area contributed by atoms with Gasteiger partial charge in [0, 0.05) is 31.0 Å². The maximum absolute atomic E-state index is 13.1. The first-order valence-corrected chi connectivity index (χ1v) is 12.3. The van der Waals surface area contributed by atoms with Gasteiger partial charge in [-0.15, -0.1) is 0 Å². The zero-order chi connectivity index (χ0) is 20.2. The van der Waals surface area contributed by atoms with Gasteiger partial charge in [0.15, 0.2) is 0 Å². The molecule has 0 bridgehead atoms. The Hall–Kier alpha value is -1.06. The van der Waals surface area contributed by atoms with Crippen molar-refractivity contribution in [2.24, 2.45) is 5.92 Å². The number of carbonyl (C=O) groups is 2. The molecule has 2 aliphatic carbocycles. The van der Waals surface area contributed by atoms with E-state index < -0.39 is 0 Å². The zero-order valence-corrected chi connectivity index (χ0v) is 18.5. The molecular formula is C24H44N2O2. The lowest BCUT2D eigenvalue weighted by atomic mass is 9.88. The van der Waals surface area contributed by atoms with Crippen molar-refractivity contribution in [2.75, 3.05) is 6.54 Å². The molecule has 4 heteroatoms. The van der Waals surface area contributed by atoms with Gasteiger partial charge in [-0.3, -0.25) is 9.59 Å². The minimum Gasteiger partial charge on any atom is -0.356 e. The van der Waals surface area contributed by atoms with Crippen LogP contribution in [-0.2, 0) is 9.59 Å². The molecule has 2 aliphatic rings. The standard InChI is InChI=1S/C24H44N2O2/c1-3-12-20(13-4-2)24(28)25-19-11-18-23(27)26(21-14-7-5-8-15-21)22-16-9-6-10-17-22/h20-22H,3-19H2,1-2H3,(H,25,28). The molecule has 0 aromatic carbocycles. The van der Waals surface area contributed by atoms with Crippen molar-refractivity contribution < 1.29 is 9.59 Å². The van der Waals surface area contributed by atoms with E-state index >= 15 is 0 Å². The maximum atomic E-state index is 13.1. The van der Waals surface area contributed by atoms with E-state index in [9.17, 15) is 9.59 Å². The van der Waals surface area contributed by atoms with Gasteiger partial charge in [0.05, 0.1) is 0 Å². The van der Waals surface area contributed by atoms with Crippen LogP contribution in [0.2, 0.25) is 0 Å². The number of rotatable bonds is 11. The fraction of sp³-hybridized carbons (Fsp3) is 0.917. The van der Waals surface area contributed by atoms with Crippen LogP contribution in [0, 0.1) is 5.92 Å². The third kappa shape index (κ3) is 7.40. The normalized spacial score (nSPS) is 19.0. The van der Waals surface area contributed by atoms with Crippen LogP contribution in [0.5, 0.6) is 0 Å². The molecule has 0 unspecified atom stereocenters. The van der Waals surface area contributed by atoms with Gasteiger partial charge in [0.1, 0.15) is 0 Å². The quantitative estimate of drug-likeness (QED) is 0.466. The van der Waals surface area contributed by atoms with Crippen LogP contribution < -0.4 is 5.32 Å². The van der Waals surface area contributed by atoms with Crippen LogP contribution in [0.25, 0.3) is 0 Å². The second kappa shape index (κ2) is 13.2. The Balaban J connectivity index is 1.81. The van der Waals surface area contributed by atoms with Gasteiger partial charge in [-0.25, -0.2) is 0 Å². The Bertz CT molecular complexity index is 430. The fourth-order valence-electron chi connectivity index (χ4n) is 5.25. The summed E-state index contributed by atoms with van der Waals surface area (Å²) >= 11 is 0. The molecule has 4 nitrogen and oxygen atoms in total. The summed E-state index contributed by atoms with van der Waals surface area (Å²) in [5.41, 5.74) is 0. The average molecular weight is 393 g/mol. The maximum Gasteiger partial charge on any atom is 0.223 e. The number of nitrogens with zero attached hydrogens (tertiary/aromatic N) is 1. The molecular weight excluding hydrogens is 348 g/mol. The van der Waals surface area contributed by atoms with Crippen LogP contribution in [0.4, 0.5) is 0 Å². The van der Waals surface area contributed by atoms with Crippen LogP contribution in [0.15, 0.2) is 0 Å².